The molecule has 1 atom stereocenters. The molecule has 1 rings (SSSR count). The fourth-order valence-electron chi connectivity index (χ4n) is 0.236. The largest absolute Gasteiger partial charge is 1.00 e. The predicted octanol–water partition coefficient (Wildman–Crippen LogP) is -3.22. The normalized spacial score (nSPS) is 12.1. The molecule has 1 heterocycles. The number of hydrogen-bond donors (Lipinski definition) is 0. The molecule has 0 N–H and O–H groups in total. The molecule has 1 aromatic heterocycles. The van der Waals surface area contributed by atoms with Gasteiger partial charge in [0.05, 0.1) is 0 Å². The second kappa shape index (κ2) is 4.14. The van der Waals surface area contributed by atoms with Crippen molar-refractivity contribution in [2.24, 2.45) is 0 Å². The summed E-state index contributed by atoms with van der Waals surface area (Å²) < 4.78 is 20.0. The van der Waals surface area contributed by atoms with Crippen LogP contribution in [0, 0.1) is 0 Å². The zero-order valence-electron chi connectivity index (χ0n) is 4.60. The van der Waals surface area contributed by atoms with E-state index in [4.69, 9.17) is 0 Å². The van der Waals surface area contributed by atoms with Crippen molar-refractivity contribution in [2.75, 3.05) is 0 Å². The summed E-state index contributed by atoms with van der Waals surface area (Å²) >= 11 is -1.21. The monoisotopic (exact) mass is 156 g/mol. The van der Waals surface area contributed by atoms with Crippen molar-refractivity contribution < 1.29 is 27.6 Å². The Labute approximate surface area is 70.2 Å². The average molecular weight is 156 g/mol. The molecule has 9 heavy (non-hydrogen) atoms. The van der Waals surface area contributed by atoms with E-state index in [1.54, 1.807) is 0 Å². The summed E-state index contributed by atoms with van der Waals surface area (Å²) in [5.74, 6) is 0. The van der Waals surface area contributed by atoms with Crippen molar-refractivity contribution >= 4 is 22.4 Å². The van der Waals surface area contributed by atoms with E-state index in [2.05, 4.69) is 10.2 Å². The summed E-state index contributed by atoms with van der Waals surface area (Å²) in [6.45, 7) is 0. The number of rotatable bonds is 1. The van der Waals surface area contributed by atoms with Crippen molar-refractivity contribution in [1.82, 2.24) is 10.2 Å². The Kier molecular flexibility index (Phi) is 4.27. The Morgan fingerprint density at radius 1 is 1.78 bits per heavy atom. The van der Waals surface area contributed by atoms with E-state index in [0.29, 0.717) is 0 Å². The maximum atomic E-state index is 9.97. The summed E-state index contributed by atoms with van der Waals surface area (Å²) in [4.78, 5) is 0. The van der Waals surface area contributed by atoms with Crippen LogP contribution >= 0.6 is 11.3 Å². The van der Waals surface area contributed by atoms with Crippen molar-refractivity contribution in [2.45, 2.75) is 4.34 Å². The van der Waals surface area contributed by atoms with Gasteiger partial charge in [-0.15, -0.1) is 10.2 Å². The summed E-state index contributed by atoms with van der Waals surface area (Å²) in [5.41, 5.74) is 1.37. The first kappa shape index (κ1) is 9.27. The van der Waals surface area contributed by atoms with Gasteiger partial charge in [-0.3, -0.25) is 4.21 Å². The number of aromatic nitrogens is 2. The van der Waals surface area contributed by atoms with Crippen LogP contribution in [0.3, 0.4) is 0 Å². The van der Waals surface area contributed by atoms with Crippen LogP contribution in [-0.4, -0.2) is 19.0 Å². The maximum absolute atomic E-state index is 9.97. The third kappa shape index (κ3) is 2.56. The third-order valence-corrected chi connectivity index (χ3v) is 2.03. The van der Waals surface area contributed by atoms with E-state index >= 15 is 0 Å². The quantitative estimate of drug-likeness (QED) is 0.317. The topological polar surface area (TPSA) is 65.9 Å². The molecule has 0 spiro atoms. The van der Waals surface area contributed by atoms with Gasteiger partial charge < -0.3 is 4.55 Å². The molecule has 0 radical (unpaired) electrons. The van der Waals surface area contributed by atoms with Crippen LogP contribution in [-0.2, 0) is 11.1 Å². The van der Waals surface area contributed by atoms with Crippen molar-refractivity contribution in [1.29, 1.82) is 0 Å². The smallest absolute Gasteiger partial charge is 0.767 e. The minimum absolute atomic E-state index is 0. The first-order chi connectivity index (χ1) is 3.80. The molecule has 4 nitrogen and oxygen atoms in total. The number of nitrogens with zero attached hydrogens (tertiary/aromatic N) is 2. The van der Waals surface area contributed by atoms with Gasteiger partial charge >= 0.3 is 18.9 Å². The Bertz CT molecular complexity index is 188. The molecule has 0 aliphatic carbocycles. The second-order valence-corrected chi connectivity index (χ2v) is 2.89. The van der Waals surface area contributed by atoms with Crippen LogP contribution in [0.2, 0.25) is 0 Å². The molecule has 0 fully saturated rings. The summed E-state index contributed by atoms with van der Waals surface area (Å²) in [5, 5.41) is 6.59. The maximum Gasteiger partial charge on any atom is 1.00 e. The zero-order valence-corrected chi connectivity index (χ0v) is 6.24. The molecule has 1 unspecified atom stereocenters. The van der Waals surface area contributed by atoms with E-state index in [1.165, 1.54) is 5.51 Å². The molecular formula is C2HLiN2O2S2. The van der Waals surface area contributed by atoms with Crippen molar-refractivity contribution in [3.63, 3.8) is 0 Å². The Balaban J connectivity index is 0.000000640. The van der Waals surface area contributed by atoms with Gasteiger partial charge in [0.1, 0.15) is 5.51 Å². The molecule has 0 aliphatic heterocycles. The SMILES string of the molecule is O=S([O-])c1nncs1.[Li+]. The molecule has 1 aromatic rings. The van der Waals surface area contributed by atoms with E-state index in [9.17, 15) is 8.76 Å². The molecule has 0 saturated heterocycles. The van der Waals surface area contributed by atoms with Crippen LogP contribution in [0.1, 0.15) is 0 Å². The van der Waals surface area contributed by atoms with Crippen LogP contribution in [0.15, 0.2) is 9.85 Å². The standard InChI is InChI=1S/C2H2N2O2S2.Li/c5-8(6)2-4-3-1-7-2;/h1H,(H,5,6);/q;+1/p-1. The Hall–Kier alpha value is 0.267. The van der Waals surface area contributed by atoms with Gasteiger partial charge in [0.25, 0.3) is 0 Å². The van der Waals surface area contributed by atoms with Crippen molar-refractivity contribution in [3.05, 3.63) is 5.51 Å². The average Bonchev–Trinajstić information content (AvgIpc) is 2.12. The summed E-state index contributed by atoms with van der Waals surface area (Å²) in [6, 6.07) is 0. The van der Waals surface area contributed by atoms with Crippen LogP contribution < -0.4 is 18.9 Å². The first-order valence-electron chi connectivity index (χ1n) is 1.66. The van der Waals surface area contributed by atoms with Crippen molar-refractivity contribution in [3.8, 4) is 0 Å². The van der Waals surface area contributed by atoms with Gasteiger partial charge in [0.15, 0.2) is 4.34 Å². The van der Waals surface area contributed by atoms with Crippen LogP contribution in [0.5, 0.6) is 0 Å². The molecule has 0 aromatic carbocycles. The Morgan fingerprint density at radius 2 is 2.44 bits per heavy atom. The van der Waals surface area contributed by atoms with E-state index < -0.39 is 11.1 Å². The van der Waals surface area contributed by atoms with Gasteiger partial charge in [-0.05, 0) is 0 Å². The summed E-state index contributed by atoms with van der Waals surface area (Å²) in [7, 11) is 0. The third-order valence-electron chi connectivity index (χ3n) is 0.483. The first-order valence-corrected chi connectivity index (χ1v) is 3.61. The van der Waals surface area contributed by atoms with E-state index in [1.807, 2.05) is 0 Å². The second-order valence-electron chi connectivity index (χ2n) is 0.939. The molecule has 0 aliphatic rings. The fourth-order valence-corrected chi connectivity index (χ4v) is 1.07. The molecule has 7 heteroatoms. The van der Waals surface area contributed by atoms with Gasteiger partial charge in [-0.2, -0.15) is 0 Å². The number of hydrogen-bond acceptors (Lipinski definition) is 5. The Morgan fingerprint density at radius 3 is 2.67 bits per heavy atom. The molecule has 0 saturated carbocycles. The summed E-state index contributed by atoms with van der Waals surface area (Å²) in [6.07, 6.45) is 0. The predicted molar refractivity (Wildman–Crippen MR) is 27.1 cm³/mol. The fraction of sp³-hybridized carbons (Fsp3) is 0. The molecular weight excluding hydrogens is 155 g/mol. The van der Waals surface area contributed by atoms with E-state index in [-0.39, 0.29) is 23.2 Å². The van der Waals surface area contributed by atoms with E-state index in [0.717, 1.165) is 11.3 Å². The minimum atomic E-state index is -2.20. The van der Waals surface area contributed by atoms with Gasteiger partial charge in [0.2, 0.25) is 0 Å². The minimum Gasteiger partial charge on any atom is -0.767 e. The van der Waals surface area contributed by atoms with Crippen LogP contribution in [0.4, 0.5) is 0 Å². The zero-order chi connectivity index (χ0) is 5.98. The molecule has 44 valence electrons. The van der Waals surface area contributed by atoms with Crippen LogP contribution in [0.25, 0.3) is 0 Å². The van der Waals surface area contributed by atoms with Gasteiger partial charge in [-0.1, -0.05) is 11.3 Å². The molecule has 0 amide bonds. The van der Waals surface area contributed by atoms with Gasteiger partial charge in [-0.25, -0.2) is 0 Å². The molecule has 0 bridgehead atoms. The van der Waals surface area contributed by atoms with Gasteiger partial charge in [0, 0.05) is 11.1 Å².